The molecular formula is C13H18Cl3NO. The van der Waals surface area contributed by atoms with Gasteiger partial charge in [0.15, 0.2) is 0 Å². The van der Waals surface area contributed by atoms with Crippen molar-refractivity contribution in [3.8, 4) is 0 Å². The zero-order chi connectivity index (χ0) is 13.7. The summed E-state index contributed by atoms with van der Waals surface area (Å²) in [5.74, 6) is 0.460. The van der Waals surface area contributed by atoms with Crippen LogP contribution < -0.4 is 5.32 Å². The summed E-state index contributed by atoms with van der Waals surface area (Å²) in [6.07, 6.45) is 0. The smallest absolute Gasteiger partial charge is 0.0652 e. The van der Waals surface area contributed by atoms with Crippen molar-refractivity contribution in [2.45, 2.75) is 26.4 Å². The van der Waals surface area contributed by atoms with Gasteiger partial charge in [0.05, 0.1) is 16.7 Å². The Bertz CT molecular complexity index is 396. The molecule has 1 aromatic carbocycles. The average molecular weight is 311 g/mol. The zero-order valence-electron chi connectivity index (χ0n) is 10.8. The third kappa shape index (κ3) is 4.29. The molecule has 0 aliphatic rings. The predicted molar refractivity (Wildman–Crippen MR) is 78.8 cm³/mol. The lowest BCUT2D eigenvalue weighted by Crippen LogP contribution is -2.37. The standard InChI is InChI=1S/C13H18Cl3NO/c1-8(2)12(7-18-3)17-6-9-10(14)4-5-11(15)13(9)16/h4-5,8,12,17H,6-7H2,1-3H3. The molecule has 2 nitrogen and oxygen atoms in total. The van der Waals surface area contributed by atoms with Crippen molar-refractivity contribution in [1.29, 1.82) is 0 Å². The van der Waals surface area contributed by atoms with E-state index in [1.54, 1.807) is 19.2 Å². The summed E-state index contributed by atoms with van der Waals surface area (Å²) in [4.78, 5) is 0. The summed E-state index contributed by atoms with van der Waals surface area (Å²) in [5, 5.41) is 5.04. The highest BCUT2D eigenvalue weighted by molar-refractivity contribution is 6.44. The Kier molecular flexibility index (Phi) is 6.75. The number of nitrogens with one attached hydrogen (secondary N) is 1. The van der Waals surface area contributed by atoms with Crippen LogP contribution in [0.1, 0.15) is 19.4 Å². The quantitative estimate of drug-likeness (QED) is 0.786. The highest BCUT2D eigenvalue weighted by atomic mass is 35.5. The number of methoxy groups -OCH3 is 1. The number of rotatable bonds is 6. The van der Waals surface area contributed by atoms with E-state index in [4.69, 9.17) is 39.5 Å². The van der Waals surface area contributed by atoms with Crippen LogP contribution in [0.15, 0.2) is 12.1 Å². The molecule has 1 N–H and O–H groups in total. The Morgan fingerprint density at radius 1 is 1.17 bits per heavy atom. The number of hydrogen-bond acceptors (Lipinski definition) is 2. The maximum atomic E-state index is 6.15. The van der Waals surface area contributed by atoms with Gasteiger partial charge < -0.3 is 10.1 Å². The van der Waals surface area contributed by atoms with Crippen molar-refractivity contribution in [2.24, 2.45) is 5.92 Å². The van der Waals surface area contributed by atoms with Crippen LogP contribution in [0.25, 0.3) is 0 Å². The third-order valence-electron chi connectivity index (χ3n) is 2.83. The monoisotopic (exact) mass is 309 g/mol. The van der Waals surface area contributed by atoms with Gasteiger partial charge in [0.1, 0.15) is 0 Å². The van der Waals surface area contributed by atoms with Gasteiger partial charge in [-0.1, -0.05) is 48.7 Å². The summed E-state index contributed by atoms with van der Waals surface area (Å²) in [6, 6.07) is 3.71. The topological polar surface area (TPSA) is 21.3 Å². The molecule has 0 aliphatic carbocycles. The van der Waals surface area contributed by atoms with Gasteiger partial charge in [0.25, 0.3) is 0 Å². The lowest BCUT2D eigenvalue weighted by Gasteiger charge is -2.22. The van der Waals surface area contributed by atoms with E-state index in [0.29, 0.717) is 34.1 Å². The lowest BCUT2D eigenvalue weighted by molar-refractivity contribution is 0.146. The number of hydrogen-bond donors (Lipinski definition) is 1. The van der Waals surface area contributed by atoms with Crippen molar-refractivity contribution in [3.05, 3.63) is 32.8 Å². The number of benzene rings is 1. The largest absolute Gasteiger partial charge is 0.383 e. The van der Waals surface area contributed by atoms with Gasteiger partial charge in [-0.05, 0) is 18.1 Å². The molecule has 0 aliphatic heterocycles. The van der Waals surface area contributed by atoms with E-state index in [0.717, 1.165) is 5.56 Å². The van der Waals surface area contributed by atoms with Gasteiger partial charge in [0.2, 0.25) is 0 Å². The molecule has 0 aromatic heterocycles. The van der Waals surface area contributed by atoms with Gasteiger partial charge in [-0.25, -0.2) is 0 Å². The Balaban J connectivity index is 2.76. The van der Waals surface area contributed by atoms with Crippen LogP contribution >= 0.6 is 34.8 Å². The minimum Gasteiger partial charge on any atom is -0.383 e. The normalized spacial score (nSPS) is 13.1. The van der Waals surface area contributed by atoms with E-state index in [2.05, 4.69) is 19.2 Å². The maximum Gasteiger partial charge on any atom is 0.0652 e. The summed E-state index contributed by atoms with van der Waals surface area (Å²) in [5.41, 5.74) is 0.826. The van der Waals surface area contributed by atoms with Crippen LogP contribution in [-0.4, -0.2) is 19.8 Å². The van der Waals surface area contributed by atoms with Crippen LogP contribution in [0.3, 0.4) is 0 Å². The molecule has 0 fully saturated rings. The minimum atomic E-state index is 0.251. The molecule has 0 saturated carbocycles. The third-order valence-corrected chi connectivity index (χ3v) is 4.03. The lowest BCUT2D eigenvalue weighted by atomic mass is 10.0. The first-order valence-corrected chi connectivity index (χ1v) is 6.95. The summed E-state index contributed by atoms with van der Waals surface area (Å²) >= 11 is 18.3. The van der Waals surface area contributed by atoms with Crippen molar-refractivity contribution in [1.82, 2.24) is 5.32 Å². The van der Waals surface area contributed by atoms with E-state index < -0.39 is 0 Å². The van der Waals surface area contributed by atoms with Crippen LogP contribution in [0, 0.1) is 5.92 Å². The molecule has 1 unspecified atom stereocenters. The molecule has 102 valence electrons. The molecule has 18 heavy (non-hydrogen) atoms. The maximum absolute atomic E-state index is 6.15. The van der Waals surface area contributed by atoms with Crippen LogP contribution in [0.4, 0.5) is 0 Å². The van der Waals surface area contributed by atoms with Crippen LogP contribution in [0.2, 0.25) is 15.1 Å². The van der Waals surface area contributed by atoms with Crippen LogP contribution in [-0.2, 0) is 11.3 Å². The molecule has 0 heterocycles. The van der Waals surface area contributed by atoms with Crippen molar-refractivity contribution < 1.29 is 4.74 Å². The summed E-state index contributed by atoms with van der Waals surface area (Å²) in [7, 11) is 1.69. The van der Waals surface area contributed by atoms with E-state index in [9.17, 15) is 0 Å². The first-order chi connectivity index (χ1) is 8.47. The fourth-order valence-electron chi connectivity index (χ4n) is 1.63. The second-order valence-electron chi connectivity index (χ2n) is 4.51. The molecular weight excluding hydrogens is 293 g/mol. The van der Waals surface area contributed by atoms with Gasteiger partial charge in [-0.2, -0.15) is 0 Å². The molecule has 0 radical (unpaired) electrons. The summed E-state index contributed by atoms with van der Waals surface area (Å²) in [6.45, 7) is 5.49. The van der Waals surface area contributed by atoms with Crippen LogP contribution in [0.5, 0.6) is 0 Å². The molecule has 1 aromatic rings. The molecule has 0 saturated heterocycles. The van der Waals surface area contributed by atoms with Gasteiger partial charge >= 0.3 is 0 Å². The van der Waals surface area contributed by atoms with Crippen molar-refractivity contribution in [3.63, 3.8) is 0 Å². The van der Waals surface area contributed by atoms with E-state index in [1.165, 1.54) is 0 Å². The minimum absolute atomic E-state index is 0.251. The van der Waals surface area contributed by atoms with Gasteiger partial charge in [0, 0.05) is 30.3 Å². The number of halogens is 3. The zero-order valence-corrected chi connectivity index (χ0v) is 13.0. The number of ether oxygens (including phenoxy) is 1. The molecule has 0 spiro atoms. The Morgan fingerprint density at radius 3 is 2.33 bits per heavy atom. The van der Waals surface area contributed by atoms with Crippen molar-refractivity contribution in [2.75, 3.05) is 13.7 Å². The Morgan fingerprint density at radius 2 is 1.78 bits per heavy atom. The second kappa shape index (κ2) is 7.56. The fraction of sp³-hybridized carbons (Fsp3) is 0.538. The van der Waals surface area contributed by atoms with E-state index in [-0.39, 0.29) is 6.04 Å². The molecule has 1 atom stereocenters. The average Bonchev–Trinajstić information content (AvgIpc) is 2.32. The highest BCUT2D eigenvalue weighted by Gasteiger charge is 2.15. The van der Waals surface area contributed by atoms with Crippen molar-refractivity contribution >= 4 is 34.8 Å². The highest BCUT2D eigenvalue weighted by Crippen LogP contribution is 2.31. The fourth-order valence-corrected chi connectivity index (χ4v) is 2.31. The first-order valence-electron chi connectivity index (χ1n) is 5.82. The van der Waals surface area contributed by atoms with E-state index in [1.807, 2.05) is 0 Å². The van der Waals surface area contributed by atoms with E-state index >= 15 is 0 Å². The second-order valence-corrected chi connectivity index (χ2v) is 5.70. The first kappa shape index (κ1) is 16.1. The molecule has 0 bridgehead atoms. The van der Waals surface area contributed by atoms with Gasteiger partial charge in [-0.15, -0.1) is 0 Å². The van der Waals surface area contributed by atoms with Gasteiger partial charge in [-0.3, -0.25) is 0 Å². The summed E-state index contributed by atoms with van der Waals surface area (Å²) < 4.78 is 5.18. The SMILES string of the molecule is COCC(NCc1c(Cl)ccc(Cl)c1Cl)C(C)C. The molecule has 5 heteroatoms. The Labute approximate surface area is 124 Å². The molecule has 0 amide bonds. The Hall–Kier alpha value is 0.01000. The molecule has 1 rings (SSSR count). The predicted octanol–water partition coefficient (Wildman–Crippen LogP) is 4.41.